The normalized spacial score (nSPS) is 20.2. The Labute approximate surface area is 134 Å². The lowest BCUT2D eigenvalue weighted by Gasteiger charge is -2.22. The van der Waals surface area contributed by atoms with Crippen LogP contribution in [0.1, 0.15) is 29.6 Å². The maximum Gasteiger partial charge on any atom is 0.251 e. The van der Waals surface area contributed by atoms with Gasteiger partial charge in [-0.2, -0.15) is 0 Å². The van der Waals surface area contributed by atoms with E-state index in [0.717, 1.165) is 25.0 Å². The quantitative estimate of drug-likeness (QED) is 0.940. The molecule has 120 valence electrons. The lowest BCUT2D eigenvalue weighted by molar-refractivity contribution is 0.0893. The Morgan fingerprint density at radius 3 is 2.74 bits per heavy atom. The molecule has 0 saturated heterocycles. The standard InChI is InChI=1S/C18H20N2O3/c1-20-11-10-13(12-17(20)21)18(22)19-15-8-5-9-16(15)23-14-6-3-2-4-7-14/h2-4,6-7,10-12,15-16H,5,8-9H2,1H3,(H,19,22). The van der Waals surface area contributed by atoms with E-state index in [9.17, 15) is 9.59 Å². The molecular formula is C18H20N2O3. The third-order valence-electron chi connectivity index (χ3n) is 4.17. The van der Waals surface area contributed by atoms with Gasteiger partial charge in [0.15, 0.2) is 0 Å². The molecule has 2 aromatic rings. The van der Waals surface area contributed by atoms with Crippen LogP contribution >= 0.6 is 0 Å². The third-order valence-corrected chi connectivity index (χ3v) is 4.17. The fourth-order valence-corrected chi connectivity index (χ4v) is 2.85. The van der Waals surface area contributed by atoms with Gasteiger partial charge in [0, 0.05) is 24.9 Å². The number of hydrogen-bond donors (Lipinski definition) is 1. The van der Waals surface area contributed by atoms with Crippen LogP contribution in [-0.2, 0) is 7.05 Å². The summed E-state index contributed by atoms with van der Waals surface area (Å²) in [6, 6.07) is 12.6. The number of aryl methyl sites for hydroxylation is 1. The van der Waals surface area contributed by atoms with E-state index < -0.39 is 0 Å². The van der Waals surface area contributed by atoms with E-state index in [4.69, 9.17) is 4.74 Å². The van der Waals surface area contributed by atoms with Crippen LogP contribution in [0.4, 0.5) is 0 Å². The van der Waals surface area contributed by atoms with Crippen LogP contribution in [0.25, 0.3) is 0 Å². The molecule has 0 radical (unpaired) electrons. The zero-order valence-corrected chi connectivity index (χ0v) is 13.1. The van der Waals surface area contributed by atoms with Crippen LogP contribution in [-0.4, -0.2) is 22.6 Å². The maximum atomic E-state index is 12.3. The van der Waals surface area contributed by atoms with Crippen molar-refractivity contribution in [1.82, 2.24) is 9.88 Å². The molecule has 2 atom stereocenters. The van der Waals surface area contributed by atoms with Crippen molar-refractivity contribution in [2.75, 3.05) is 0 Å². The topological polar surface area (TPSA) is 60.3 Å². The summed E-state index contributed by atoms with van der Waals surface area (Å²) in [6.45, 7) is 0. The summed E-state index contributed by atoms with van der Waals surface area (Å²) in [7, 11) is 1.66. The van der Waals surface area contributed by atoms with Crippen molar-refractivity contribution in [1.29, 1.82) is 0 Å². The van der Waals surface area contributed by atoms with Crippen LogP contribution in [0.15, 0.2) is 53.5 Å². The minimum atomic E-state index is -0.226. The third kappa shape index (κ3) is 3.62. The predicted molar refractivity (Wildman–Crippen MR) is 87.6 cm³/mol. The first-order valence-electron chi connectivity index (χ1n) is 7.83. The highest BCUT2D eigenvalue weighted by molar-refractivity contribution is 5.94. The van der Waals surface area contributed by atoms with Gasteiger partial charge in [-0.1, -0.05) is 18.2 Å². The Morgan fingerprint density at radius 2 is 2.00 bits per heavy atom. The van der Waals surface area contributed by atoms with Gasteiger partial charge < -0.3 is 14.6 Å². The first kappa shape index (κ1) is 15.3. The van der Waals surface area contributed by atoms with E-state index in [0.29, 0.717) is 5.56 Å². The summed E-state index contributed by atoms with van der Waals surface area (Å²) >= 11 is 0. The Bertz CT molecular complexity index is 739. The summed E-state index contributed by atoms with van der Waals surface area (Å²) in [5, 5.41) is 3.00. The van der Waals surface area contributed by atoms with Crippen molar-refractivity contribution in [3.63, 3.8) is 0 Å². The SMILES string of the molecule is Cn1ccc(C(=O)NC2CCCC2Oc2ccccc2)cc1=O. The molecule has 1 saturated carbocycles. The molecular weight excluding hydrogens is 292 g/mol. The summed E-state index contributed by atoms with van der Waals surface area (Å²) < 4.78 is 7.43. The fourth-order valence-electron chi connectivity index (χ4n) is 2.85. The minimum Gasteiger partial charge on any atom is -0.488 e. The first-order valence-corrected chi connectivity index (χ1v) is 7.83. The predicted octanol–water partition coefficient (Wildman–Crippen LogP) is 2.12. The largest absolute Gasteiger partial charge is 0.488 e. The van der Waals surface area contributed by atoms with Gasteiger partial charge in [0.1, 0.15) is 11.9 Å². The number of pyridine rings is 1. The Balaban J connectivity index is 1.67. The molecule has 1 aliphatic carbocycles. The highest BCUT2D eigenvalue weighted by Gasteiger charge is 2.30. The molecule has 1 fully saturated rings. The van der Waals surface area contributed by atoms with Gasteiger partial charge in [-0.25, -0.2) is 0 Å². The second-order valence-corrected chi connectivity index (χ2v) is 5.84. The number of amides is 1. The van der Waals surface area contributed by atoms with E-state index in [1.165, 1.54) is 10.6 Å². The molecule has 1 aromatic heterocycles. The van der Waals surface area contributed by atoms with Gasteiger partial charge in [0.25, 0.3) is 11.5 Å². The average molecular weight is 312 g/mol. The number of hydrogen-bond acceptors (Lipinski definition) is 3. The fraction of sp³-hybridized carbons (Fsp3) is 0.333. The number of rotatable bonds is 4. The summed E-state index contributed by atoms with van der Waals surface area (Å²) in [6.07, 6.45) is 4.38. The first-order chi connectivity index (χ1) is 11.1. The Kier molecular flexibility index (Phi) is 4.46. The number of ether oxygens (including phenoxy) is 1. The molecule has 1 amide bonds. The van der Waals surface area contributed by atoms with E-state index in [2.05, 4.69) is 5.32 Å². The van der Waals surface area contributed by atoms with Crippen LogP contribution in [0.5, 0.6) is 5.75 Å². The van der Waals surface area contributed by atoms with E-state index in [1.54, 1.807) is 19.3 Å². The van der Waals surface area contributed by atoms with Crippen molar-refractivity contribution >= 4 is 5.91 Å². The molecule has 1 N–H and O–H groups in total. The Hall–Kier alpha value is -2.56. The van der Waals surface area contributed by atoms with Gasteiger partial charge in [0.05, 0.1) is 6.04 Å². The molecule has 1 aromatic carbocycles. The molecule has 1 aliphatic rings. The lowest BCUT2D eigenvalue weighted by Crippen LogP contribution is -2.42. The molecule has 1 heterocycles. The molecule has 0 aliphatic heterocycles. The molecule has 0 bridgehead atoms. The van der Waals surface area contributed by atoms with Gasteiger partial charge in [0.2, 0.25) is 0 Å². The molecule has 3 rings (SSSR count). The van der Waals surface area contributed by atoms with Crippen molar-refractivity contribution in [3.8, 4) is 5.75 Å². The number of benzene rings is 1. The number of nitrogens with zero attached hydrogens (tertiary/aromatic N) is 1. The highest BCUT2D eigenvalue weighted by atomic mass is 16.5. The number of carbonyl (C=O) groups is 1. The number of aromatic nitrogens is 1. The molecule has 5 nitrogen and oxygen atoms in total. The van der Waals surface area contributed by atoms with Gasteiger partial charge >= 0.3 is 0 Å². The zero-order valence-electron chi connectivity index (χ0n) is 13.1. The average Bonchev–Trinajstić information content (AvgIpc) is 2.98. The summed E-state index contributed by atoms with van der Waals surface area (Å²) in [5.41, 5.74) is 0.194. The van der Waals surface area contributed by atoms with Gasteiger partial charge in [-0.05, 0) is 37.5 Å². The number of nitrogens with one attached hydrogen (secondary N) is 1. The van der Waals surface area contributed by atoms with Gasteiger partial charge in [-0.3, -0.25) is 9.59 Å². The molecule has 5 heteroatoms. The summed E-state index contributed by atoms with van der Waals surface area (Å²) in [4.78, 5) is 24.0. The zero-order chi connectivity index (χ0) is 16.2. The van der Waals surface area contributed by atoms with E-state index in [-0.39, 0.29) is 23.6 Å². The van der Waals surface area contributed by atoms with Crippen LogP contribution in [0.2, 0.25) is 0 Å². The van der Waals surface area contributed by atoms with Gasteiger partial charge in [-0.15, -0.1) is 0 Å². The number of carbonyl (C=O) groups excluding carboxylic acids is 1. The highest BCUT2D eigenvalue weighted by Crippen LogP contribution is 2.24. The van der Waals surface area contributed by atoms with E-state index >= 15 is 0 Å². The monoisotopic (exact) mass is 312 g/mol. The molecule has 2 unspecified atom stereocenters. The maximum absolute atomic E-state index is 12.3. The van der Waals surface area contributed by atoms with Crippen LogP contribution in [0, 0.1) is 0 Å². The van der Waals surface area contributed by atoms with Crippen molar-refractivity contribution in [2.45, 2.75) is 31.4 Å². The van der Waals surface area contributed by atoms with Crippen molar-refractivity contribution in [3.05, 3.63) is 64.6 Å². The summed E-state index contributed by atoms with van der Waals surface area (Å²) in [5.74, 6) is 0.587. The molecule has 23 heavy (non-hydrogen) atoms. The second kappa shape index (κ2) is 6.69. The van der Waals surface area contributed by atoms with Crippen LogP contribution < -0.4 is 15.6 Å². The molecule has 0 spiro atoms. The lowest BCUT2D eigenvalue weighted by atomic mass is 10.1. The smallest absolute Gasteiger partial charge is 0.251 e. The second-order valence-electron chi connectivity index (χ2n) is 5.84. The minimum absolute atomic E-state index is 0.0344. The van der Waals surface area contributed by atoms with Crippen LogP contribution in [0.3, 0.4) is 0 Å². The Morgan fingerprint density at radius 1 is 1.22 bits per heavy atom. The number of para-hydroxylation sites is 1. The van der Waals surface area contributed by atoms with E-state index in [1.807, 2.05) is 30.3 Å². The van der Waals surface area contributed by atoms with Crippen molar-refractivity contribution < 1.29 is 9.53 Å². The van der Waals surface area contributed by atoms with Crippen molar-refractivity contribution in [2.24, 2.45) is 7.05 Å².